The van der Waals surface area contributed by atoms with Crippen LogP contribution >= 0.6 is 31.9 Å². The van der Waals surface area contributed by atoms with E-state index in [0.717, 1.165) is 19.7 Å². The molecular formula is C18H12Br2O3. The number of carbonyl (C=O) groups excluding carboxylic acids is 1. The SMILES string of the molecule is COC(=O)c1ccc(Br)cc1Oc1ccc2cc(Br)ccc2c1. The van der Waals surface area contributed by atoms with Gasteiger partial charge in [0.05, 0.1) is 7.11 Å². The van der Waals surface area contributed by atoms with Gasteiger partial charge in [-0.1, -0.05) is 44.0 Å². The number of esters is 1. The number of benzene rings is 3. The topological polar surface area (TPSA) is 35.5 Å². The Morgan fingerprint density at radius 1 is 0.870 bits per heavy atom. The Morgan fingerprint density at radius 3 is 2.30 bits per heavy atom. The van der Waals surface area contributed by atoms with E-state index >= 15 is 0 Å². The molecule has 0 radical (unpaired) electrons. The molecule has 23 heavy (non-hydrogen) atoms. The summed E-state index contributed by atoms with van der Waals surface area (Å²) in [4.78, 5) is 11.9. The molecule has 0 unspecified atom stereocenters. The predicted molar refractivity (Wildman–Crippen MR) is 97.2 cm³/mol. The van der Waals surface area contributed by atoms with Crippen LogP contribution in [0.5, 0.6) is 11.5 Å². The quantitative estimate of drug-likeness (QED) is 0.477. The Balaban J connectivity index is 2.00. The van der Waals surface area contributed by atoms with Gasteiger partial charge in [0.2, 0.25) is 0 Å². The highest BCUT2D eigenvalue weighted by atomic mass is 79.9. The second-order valence-corrected chi connectivity index (χ2v) is 6.72. The molecule has 3 aromatic carbocycles. The van der Waals surface area contributed by atoms with Crippen molar-refractivity contribution in [2.24, 2.45) is 0 Å². The first kappa shape index (κ1) is 16.0. The average molecular weight is 436 g/mol. The fourth-order valence-corrected chi connectivity index (χ4v) is 2.96. The lowest BCUT2D eigenvalue weighted by Gasteiger charge is -2.11. The van der Waals surface area contributed by atoms with Crippen molar-refractivity contribution in [3.05, 3.63) is 69.1 Å². The number of halogens is 2. The van der Waals surface area contributed by atoms with E-state index in [1.165, 1.54) is 7.11 Å². The van der Waals surface area contributed by atoms with E-state index in [1.54, 1.807) is 18.2 Å². The minimum Gasteiger partial charge on any atom is -0.465 e. The van der Waals surface area contributed by atoms with Crippen molar-refractivity contribution >= 4 is 48.6 Å². The fourth-order valence-electron chi connectivity index (χ4n) is 2.24. The number of fused-ring (bicyclic) bond motifs is 1. The van der Waals surface area contributed by atoms with Gasteiger partial charge in [0.25, 0.3) is 0 Å². The molecule has 0 aliphatic heterocycles. The monoisotopic (exact) mass is 434 g/mol. The summed E-state index contributed by atoms with van der Waals surface area (Å²) in [6.45, 7) is 0. The van der Waals surface area contributed by atoms with Gasteiger partial charge in [0, 0.05) is 8.95 Å². The molecule has 0 saturated heterocycles. The van der Waals surface area contributed by atoms with Gasteiger partial charge in [-0.25, -0.2) is 4.79 Å². The number of ether oxygens (including phenoxy) is 2. The summed E-state index contributed by atoms with van der Waals surface area (Å²) in [7, 11) is 1.35. The van der Waals surface area contributed by atoms with Gasteiger partial charge in [-0.15, -0.1) is 0 Å². The van der Waals surface area contributed by atoms with Crippen molar-refractivity contribution in [2.45, 2.75) is 0 Å². The fraction of sp³-hybridized carbons (Fsp3) is 0.0556. The van der Waals surface area contributed by atoms with E-state index < -0.39 is 5.97 Å². The molecule has 0 aromatic heterocycles. The number of methoxy groups -OCH3 is 1. The molecule has 0 fully saturated rings. The number of rotatable bonds is 3. The first-order chi connectivity index (χ1) is 11.1. The smallest absolute Gasteiger partial charge is 0.341 e. The van der Waals surface area contributed by atoms with E-state index in [4.69, 9.17) is 9.47 Å². The van der Waals surface area contributed by atoms with Crippen molar-refractivity contribution in [1.82, 2.24) is 0 Å². The van der Waals surface area contributed by atoms with E-state index in [-0.39, 0.29) is 0 Å². The zero-order chi connectivity index (χ0) is 16.4. The summed E-state index contributed by atoms with van der Waals surface area (Å²) < 4.78 is 12.6. The van der Waals surface area contributed by atoms with E-state index in [1.807, 2.05) is 36.4 Å². The molecule has 0 spiro atoms. The van der Waals surface area contributed by atoms with Gasteiger partial charge in [-0.05, 0) is 53.2 Å². The van der Waals surface area contributed by atoms with Gasteiger partial charge in [-0.3, -0.25) is 0 Å². The minimum absolute atomic E-state index is 0.381. The third-order valence-corrected chi connectivity index (χ3v) is 4.34. The Kier molecular flexibility index (Phi) is 4.68. The lowest BCUT2D eigenvalue weighted by molar-refractivity contribution is 0.0598. The molecule has 3 aromatic rings. The largest absolute Gasteiger partial charge is 0.465 e. The summed E-state index contributed by atoms with van der Waals surface area (Å²) >= 11 is 6.85. The van der Waals surface area contributed by atoms with Crippen LogP contribution in [0.2, 0.25) is 0 Å². The number of hydrogen-bond acceptors (Lipinski definition) is 3. The molecule has 0 N–H and O–H groups in total. The molecule has 0 aliphatic rings. The third-order valence-electron chi connectivity index (χ3n) is 3.35. The minimum atomic E-state index is -0.433. The summed E-state index contributed by atoms with van der Waals surface area (Å²) in [6, 6.07) is 17.0. The molecule has 0 amide bonds. The maximum absolute atomic E-state index is 11.9. The standard InChI is InChI=1S/C18H12Br2O3/c1-22-18(21)16-7-5-14(20)10-17(16)23-15-6-3-11-8-13(19)4-2-12(11)9-15/h2-10H,1H3. The molecule has 0 bridgehead atoms. The highest BCUT2D eigenvalue weighted by molar-refractivity contribution is 9.10. The maximum atomic E-state index is 11.9. The molecule has 0 aliphatic carbocycles. The van der Waals surface area contributed by atoms with E-state index in [0.29, 0.717) is 17.1 Å². The van der Waals surface area contributed by atoms with Gasteiger partial charge in [-0.2, -0.15) is 0 Å². The van der Waals surface area contributed by atoms with Gasteiger partial charge >= 0.3 is 5.97 Å². The second-order valence-electron chi connectivity index (χ2n) is 4.89. The summed E-state index contributed by atoms with van der Waals surface area (Å²) in [5, 5.41) is 2.16. The first-order valence-electron chi connectivity index (χ1n) is 6.82. The Bertz CT molecular complexity index is 891. The molecule has 0 heterocycles. The molecule has 0 atom stereocenters. The second kappa shape index (κ2) is 6.72. The Morgan fingerprint density at radius 2 is 1.52 bits per heavy atom. The lowest BCUT2D eigenvalue weighted by atomic mass is 10.1. The normalized spacial score (nSPS) is 10.6. The number of carbonyl (C=O) groups is 1. The third kappa shape index (κ3) is 3.57. The highest BCUT2D eigenvalue weighted by Gasteiger charge is 2.14. The first-order valence-corrected chi connectivity index (χ1v) is 8.40. The summed E-state index contributed by atoms with van der Waals surface area (Å²) in [5.74, 6) is 0.669. The maximum Gasteiger partial charge on any atom is 0.341 e. The zero-order valence-electron chi connectivity index (χ0n) is 12.2. The van der Waals surface area contributed by atoms with Gasteiger partial charge in [0.15, 0.2) is 0 Å². The van der Waals surface area contributed by atoms with Crippen LogP contribution in [0.4, 0.5) is 0 Å². The van der Waals surface area contributed by atoms with Crippen molar-refractivity contribution < 1.29 is 14.3 Å². The molecule has 116 valence electrons. The van der Waals surface area contributed by atoms with Crippen molar-refractivity contribution in [3.8, 4) is 11.5 Å². The van der Waals surface area contributed by atoms with Gasteiger partial charge in [0.1, 0.15) is 17.1 Å². The molecule has 0 saturated carbocycles. The van der Waals surface area contributed by atoms with Crippen LogP contribution < -0.4 is 4.74 Å². The molecular weight excluding hydrogens is 424 g/mol. The van der Waals surface area contributed by atoms with Crippen LogP contribution in [0.3, 0.4) is 0 Å². The van der Waals surface area contributed by atoms with Crippen molar-refractivity contribution in [3.63, 3.8) is 0 Å². The predicted octanol–water partition coefficient (Wildman–Crippen LogP) is 5.94. The molecule has 3 nitrogen and oxygen atoms in total. The average Bonchev–Trinajstić information content (AvgIpc) is 2.54. The Labute approximate surface area is 150 Å². The summed E-state index contributed by atoms with van der Waals surface area (Å²) in [5.41, 5.74) is 0.381. The van der Waals surface area contributed by atoms with Gasteiger partial charge < -0.3 is 9.47 Å². The zero-order valence-corrected chi connectivity index (χ0v) is 15.3. The lowest BCUT2D eigenvalue weighted by Crippen LogP contribution is -2.03. The summed E-state index contributed by atoms with van der Waals surface area (Å²) in [6.07, 6.45) is 0. The van der Waals surface area contributed by atoms with Crippen LogP contribution in [0, 0.1) is 0 Å². The van der Waals surface area contributed by atoms with Crippen LogP contribution in [-0.4, -0.2) is 13.1 Å². The number of hydrogen-bond donors (Lipinski definition) is 0. The Hall–Kier alpha value is -1.85. The van der Waals surface area contributed by atoms with Crippen molar-refractivity contribution in [1.29, 1.82) is 0 Å². The highest BCUT2D eigenvalue weighted by Crippen LogP contribution is 2.31. The van der Waals surface area contributed by atoms with Crippen LogP contribution in [0.25, 0.3) is 10.8 Å². The van der Waals surface area contributed by atoms with Crippen molar-refractivity contribution in [2.75, 3.05) is 7.11 Å². The van der Waals surface area contributed by atoms with Crippen LogP contribution in [0.1, 0.15) is 10.4 Å². The van der Waals surface area contributed by atoms with E-state index in [9.17, 15) is 4.79 Å². The molecule has 5 heteroatoms. The van der Waals surface area contributed by atoms with Crippen LogP contribution in [-0.2, 0) is 4.74 Å². The van der Waals surface area contributed by atoms with E-state index in [2.05, 4.69) is 31.9 Å². The molecule has 3 rings (SSSR count). The van der Waals surface area contributed by atoms with Crippen LogP contribution in [0.15, 0.2) is 63.5 Å².